The fourth-order valence-electron chi connectivity index (χ4n) is 1.30. The second kappa shape index (κ2) is 4.89. The van der Waals surface area contributed by atoms with E-state index in [-0.39, 0.29) is 28.0 Å². The molecule has 0 atom stereocenters. The average Bonchev–Trinajstić information content (AvgIpc) is 2.31. The maximum atomic E-state index is 11.8. The highest BCUT2D eigenvalue weighted by Crippen LogP contribution is 2.21. The molecule has 0 radical (unpaired) electrons. The Labute approximate surface area is 107 Å². The van der Waals surface area contributed by atoms with Crippen molar-refractivity contribution in [3.05, 3.63) is 41.0 Å². The number of phenolic OH excluding ortho intramolecular Hbond substituents is 2. The molecule has 6 nitrogen and oxygen atoms in total. The number of carbonyl (C=O) groups is 1. The predicted octanol–water partition coefficient (Wildman–Crippen LogP) is 1.79. The van der Waals surface area contributed by atoms with E-state index >= 15 is 0 Å². The van der Waals surface area contributed by atoms with Crippen molar-refractivity contribution in [2.45, 2.75) is 0 Å². The lowest BCUT2D eigenvalue weighted by Gasteiger charge is -2.04. The van der Waals surface area contributed by atoms with Crippen LogP contribution in [0.3, 0.4) is 0 Å². The van der Waals surface area contributed by atoms with E-state index in [0.29, 0.717) is 0 Å². The van der Waals surface area contributed by atoms with Crippen molar-refractivity contribution in [3.63, 3.8) is 0 Å². The smallest absolute Gasteiger partial charge is 0.257 e. The molecule has 0 aliphatic carbocycles. The van der Waals surface area contributed by atoms with Crippen LogP contribution in [0, 0.1) is 0 Å². The molecular formula is C11H8ClN3O3. The summed E-state index contributed by atoms with van der Waals surface area (Å²) in [5, 5.41) is 28.4. The van der Waals surface area contributed by atoms with Gasteiger partial charge < -0.3 is 15.5 Å². The molecule has 2 aromatic rings. The number of rotatable bonds is 2. The Morgan fingerprint density at radius 3 is 2.33 bits per heavy atom. The summed E-state index contributed by atoms with van der Waals surface area (Å²) in [6.07, 6.45) is 0. The first-order valence-electron chi connectivity index (χ1n) is 4.88. The van der Waals surface area contributed by atoms with Crippen LogP contribution in [0.15, 0.2) is 30.3 Å². The van der Waals surface area contributed by atoms with Gasteiger partial charge in [0.05, 0.1) is 0 Å². The summed E-state index contributed by atoms with van der Waals surface area (Å²) in [6, 6.07) is 6.52. The van der Waals surface area contributed by atoms with Gasteiger partial charge >= 0.3 is 0 Å². The summed E-state index contributed by atoms with van der Waals surface area (Å²) in [6.45, 7) is 0. The predicted molar refractivity (Wildman–Crippen MR) is 64.8 cm³/mol. The zero-order chi connectivity index (χ0) is 13.1. The number of amides is 1. The first kappa shape index (κ1) is 12.1. The van der Waals surface area contributed by atoms with Crippen LogP contribution >= 0.6 is 11.6 Å². The van der Waals surface area contributed by atoms with E-state index in [4.69, 9.17) is 11.6 Å². The summed E-state index contributed by atoms with van der Waals surface area (Å²) < 4.78 is 0. The second-order valence-corrected chi connectivity index (χ2v) is 3.82. The SMILES string of the molecule is O=C(Nc1ccc(Cl)nn1)c1cc(O)cc(O)c1. The number of aromatic nitrogens is 2. The van der Waals surface area contributed by atoms with Crippen LogP contribution in [0.25, 0.3) is 0 Å². The Hall–Kier alpha value is -2.34. The van der Waals surface area contributed by atoms with Gasteiger partial charge in [-0.2, -0.15) is 0 Å². The standard InChI is InChI=1S/C11H8ClN3O3/c12-9-1-2-10(15-14-9)13-11(18)6-3-7(16)5-8(17)4-6/h1-5,16-17H,(H,13,15,18). The van der Waals surface area contributed by atoms with Crippen LogP contribution in [0.4, 0.5) is 5.82 Å². The lowest BCUT2D eigenvalue weighted by atomic mass is 10.2. The van der Waals surface area contributed by atoms with E-state index in [1.54, 1.807) is 0 Å². The van der Waals surface area contributed by atoms with Gasteiger partial charge in [-0.15, -0.1) is 10.2 Å². The van der Waals surface area contributed by atoms with Crippen molar-refractivity contribution in [1.29, 1.82) is 0 Å². The third-order valence-electron chi connectivity index (χ3n) is 2.04. The van der Waals surface area contributed by atoms with Gasteiger partial charge in [-0.3, -0.25) is 4.79 Å². The van der Waals surface area contributed by atoms with E-state index < -0.39 is 5.91 Å². The molecule has 0 bridgehead atoms. The lowest BCUT2D eigenvalue weighted by Crippen LogP contribution is -2.13. The lowest BCUT2D eigenvalue weighted by molar-refractivity contribution is 0.102. The highest BCUT2D eigenvalue weighted by molar-refractivity contribution is 6.29. The zero-order valence-electron chi connectivity index (χ0n) is 8.96. The normalized spacial score (nSPS) is 10.1. The van der Waals surface area contributed by atoms with Gasteiger partial charge in [0.1, 0.15) is 11.5 Å². The second-order valence-electron chi connectivity index (χ2n) is 3.43. The van der Waals surface area contributed by atoms with Gasteiger partial charge in [-0.1, -0.05) is 11.6 Å². The number of phenols is 2. The van der Waals surface area contributed by atoms with Crippen molar-refractivity contribution in [3.8, 4) is 11.5 Å². The Bertz CT molecular complexity index is 566. The van der Waals surface area contributed by atoms with Crippen molar-refractivity contribution in [1.82, 2.24) is 10.2 Å². The van der Waals surface area contributed by atoms with Crippen molar-refractivity contribution in [2.75, 3.05) is 5.32 Å². The zero-order valence-corrected chi connectivity index (χ0v) is 9.72. The molecule has 0 saturated carbocycles. The summed E-state index contributed by atoms with van der Waals surface area (Å²) in [5.41, 5.74) is 0.101. The molecule has 1 aromatic carbocycles. The molecule has 1 amide bonds. The molecule has 0 fully saturated rings. The molecule has 7 heteroatoms. The van der Waals surface area contributed by atoms with Gasteiger partial charge in [-0.25, -0.2) is 0 Å². The average molecular weight is 266 g/mol. The summed E-state index contributed by atoms with van der Waals surface area (Å²) in [7, 11) is 0. The van der Waals surface area contributed by atoms with Gasteiger partial charge in [0.15, 0.2) is 11.0 Å². The molecule has 0 aliphatic rings. The van der Waals surface area contributed by atoms with Crippen LogP contribution in [-0.4, -0.2) is 26.3 Å². The topological polar surface area (TPSA) is 95.3 Å². The molecule has 92 valence electrons. The maximum Gasteiger partial charge on any atom is 0.257 e. The third kappa shape index (κ3) is 2.86. The number of hydrogen-bond donors (Lipinski definition) is 3. The van der Waals surface area contributed by atoms with E-state index in [2.05, 4.69) is 15.5 Å². The number of nitrogens with one attached hydrogen (secondary N) is 1. The minimum Gasteiger partial charge on any atom is -0.508 e. The molecule has 0 spiro atoms. The number of benzene rings is 1. The largest absolute Gasteiger partial charge is 0.508 e. The molecule has 1 heterocycles. The number of anilines is 1. The number of carbonyl (C=O) groups excluding carboxylic acids is 1. The van der Waals surface area contributed by atoms with Crippen molar-refractivity contribution >= 4 is 23.3 Å². The van der Waals surface area contributed by atoms with Gasteiger partial charge in [-0.05, 0) is 24.3 Å². The quantitative estimate of drug-likeness (QED) is 0.769. The molecule has 0 unspecified atom stereocenters. The van der Waals surface area contributed by atoms with Gasteiger partial charge in [0.25, 0.3) is 5.91 Å². The maximum absolute atomic E-state index is 11.8. The van der Waals surface area contributed by atoms with Gasteiger partial charge in [0, 0.05) is 11.6 Å². The van der Waals surface area contributed by atoms with E-state index in [9.17, 15) is 15.0 Å². The minimum atomic E-state index is -0.530. The number of aromatic hydroxyl groups is 2. The summed E-state index contributed by atoms with van der Waals surface area (Å²) in [4.78, 5) is 11.8. The Morgan fingerprint density at radius 2 is 1.78 bits per heavy atom. The van der Waals surface area contributed by atoms with Crippen molar-refractivity contribution in [2.24, 2.45) is 0 Å². The van der Waals surface area contributed by atoms with E-state index in [0.717, 1.165) is 6.07 Å². The summed E-state index contributed by atoms with van der Waals surface area (Å²) >= 11 is 5.55. The molecule has 0 aliphatic heterocycles. The monoisotopic (exact) mass is 265 g/mol. The molecule has 1 aromatic heterocycles. The Balaban J connectivity index is 2.19. The minimum absolute atomic E-state index is 0.101. The first-order chi connectivity index (χ1) is 8.54. The van der Waals surface area contributed by atoms with Crippen LogP contribution in [-0.2, 0) is 0 Å². The number of halogens is 1. The molecule has 3 N–H and O–H groups in total. The van der Waals surface area contributed by atoms with Crippen LogP contribution in [0.2, 0.25) is 5.15 Å². The Morgan fingerprint density at radius 1 is 1.11 bits per heavy atom. The third-order valence-corrected chi connectivity index (χ3v) is 2.24. The van der Waals surface area contributed by atoms with Gasteiger partial charge in [0.2, 0.25) is 0 Å². The van der Waals surface area contributed by atoms with Crippen molar-refractivity contribution < 1.29 is 15.0 Å². The number of nitrogens with zero attached hydrogens (tertiary/aromatic N) is 2. The molecular weight excluding hydrogens is 258 g/mol. The van der Waals surface area contributed by atoms with Crippen LogP contribution < -0.4 is 5.32 Å². The van der Waals surface area contributed by atoms with E-state index in [1.807, 2.05) is 0 Å². The highest BCUT2D eigenvalue weighted by Gasteiger charge is 2.09. The number of hydrogen-bond acceptors (Lipinski definition) is 5. The molecule has 18 heavy (non-hydrogen) atoms. The van der Waals surface area contributed by atoms with Crippen LogP contribution in [0.5, 0.6) is 11.5 Å². The Kier molecular flexibility index (Phi) is 3.29. The fourth-order valence-corrected chi connectivity index (χ4v) is 1.40. The van der Waals surface area contributed by atoms with E-state index in [1.165, 1.54) is 24.3 Å². The highest BCUT2D eigenvalue weighted by atomic mass is 35.5. The molecule has 0 saturated heterocycles. The van der Waals surface area contributed by atoms with Crippen LogP contribution in [0.1, 0.15) is 10.4 Å². The summed E-state index contributed by atoms with van der Waals surface area (Å²) in [5.74, 6) is -0.727. The fraction of sp³-hybridized carbons (Fsp3) is 0. The molecule has 2 rings (SSSR count). The first-order valence-corrected chi connectivity index (χ1v) is 5.26.